The molecule has 1 saturated heterocycles. The van der Waals surface area contributed by atoms with Crippen LogP contribution in [0.2, 0.25) is 0 Å². The van der Waals surface area contributed by atoms with Crippen LogP contribution in [0.1, 0.15) is 0 Å². The van der Waals surface area contributed by atoms with Crippen molar-refractivity contribution < 1.29 is 21.6 Å². The molecule has 123 valence electrons. The number of aliphatic hydroxyl groups excluding tert-OH is 1. The molecule has 21 heavy (non-hydrogen) atoms. The van der Waals surface area contributed by atoms with Crippen LogP contribution in [0.5, 0.6) is 0 Å². The summed E-state index contributed by atoms with van der Waals surface area (Å²) in [4.78, 5) is 2.39. The van der Waals surface area contributed by atoms with Gasteiger partial charge in [0.15, 0.2) is 0 Å². The van der Waals surface area contributed by atoms with Gasteiger partial charge in [-0.25, -0.2) is 0 Å². The number of piperazine rings is 1. The number of nitrogens with two attached hydrogens (primary N) is 1. The van der Waals surface area contributed by atoms with Crippen LogP contribution in [0.3, 0.4) is 0 Å². The molecule has 4 N–H and O–H groups in total. The number of nitrogens with zero attached hydrogens (tertiary/aromatic N) is 4. The zero-order valence-electron chi connectivity index (χ0n) is 11.6. The minimum Gasteiger partial charge on any atom is -0.753 e. The first-order valence-electron chi connectivity index (χ1n) is 5.29. The number of nitrogens with one attached hydrogen (secondary N) is 1. The molecule has 7 nitrogen and oxygen atoms in total. The molecule has 0 aromatic rings. The van der Waals surface area contributed by atoms with Crippen LogP contribution < -0.4 is 11.1 Å². The Morgan fingerprint density at radius 2 is 1.33 bits per heavy atom. The van der Waals surface area contributed by atoms with E-state index in [1.165, 1.54) is 15.5 Å². The first-order chi connectivity index (χ1) is 9.67. The number of aliphatic hydroxyl groups is 1. The van der Waals surface area contributed by atoms with Crippen LogP contribution in [0.25, 0.3) is 16.2 Å². The molecule has 0 aromatic carbocycles. The maximum atomic E-state index is 7.13. The Balaban J connectivity index is -0.0000000606. The van der Waals surface area contributed by atoms with Crippen molar-refractivity contribution in [3.8, 4) is 0 Å². The van der Waals surface area contributed by atoms with Gasteiger partial charge in [0.25, 0.3) is 0 Å². The van der Waals surface area contributed by atoms with Crippen molar-refractivity contribution in [2.75, 3.05) is 46.4 Å². The van der Waals surface area contributed by atoms with E-state index in [1.807, 2.05) is 0 Å². The number of isothiocyanates is 3. The van der Waals surface area contributed by atoms with E-state index < -0.39 is 0 Å². The average molecular weight is 394 g/mol. The minimum absolute atomic E-state index is 0. The molecule has 0 spiro atoms. The zero-order valence-corrected chi connectivity index (χ0v) is 15.0. The van der Waals surface area contributed by atoms with E-state index >= 15 is 0 Å². The molecule has 1 radical (unpaired) electrons. The van der Waals surface area contributed by atoms with Crippen LogP contribution in [-0.2, 0) is 16.5 Å². The minimum atomic E-state index is 0. The summed E-state index contributed by atoms with van der Waals surface area (Å²) in [5, 5.41) is 35.7. The van der Waals surface area contributed by atoms with Gasteiger partial charge in [-0.2, -0.15) is 15.5 Å². The Morgan fingerprint density at radius 3 is 1.57 bits per heavy atom. The molecule has 1 fully saturated rings. The summed E-state index contributed by atoms with van der Waals surface area (Å²) in [5.41, 5.74) is 5.40. The van der Waals surface area contributed by atoms with Crippen LogP contribution in [0, 0.1) is 0 Å². The SMILES string of the molecule is CO.NCCN1CCNCC1.[N-]=C=S.[N-]=C=S.[N-]=C=S.[Ni+3]. The van der Waals surface area contributed by atoms with Gasteiger partial charge >= 0.3 is 16.5 Å². The summed E-state index contributed by atoms with van der Waals surface area (Å²) in [6.07, 6.45) is 0. The molecule has 0 aromatic heterocycles. The molecule has 0 saturated carbocycles. The van der Waals surface area contributed by atoms with Gasteiger partial charge in [-0.1, -0.05) is 36.7 Å². The first-order valence-corrected chi connectivity index (χ1v) is 6.52. The predicted octanol–water partition coefficient (Wildman–Crippen LogP) is 0.432. The van der Waals surface area contributed by atoms with E-state index in [9.17, 15) is 0 Å². The molecule has 1 rings (SSSR count). The largest absolute Gasteiger partial charge is 3.00 e. The average Bonchev–Trinajstić information content (AvgIpc) is 2.45. The normalized spacial score (nSPS) is 11.0. The second-order valence-corrected chi connectivity index (χ2v) is 3.20. The van der Waals surface area contributed by atoms with Crippen LogP contribution in [0.4, 0.5) is 0 Å². The van der Waals surface area contributed by atoms with Gasteiger partial charge in [0.2, 0.25) is 0 Å². The maximum Gasteiger partial charge on any atom is 3.00 e. The summed E-state index contributed by atoms with van der Waals surface area (Å²) in [6, 6.07) is 0. The van der Waals surface area contributed by atoms with Crippen LogP contribution >= 0.6 is 36.7 Å². The zero-order chi connectivity index (χ0) is 16.6. The molecule has 1 aliphatic rings. The molecule has 0 atom stereocenters. The summed E-state index contributed by atoms with van der Waals surface area (Å²) >= 11 is 11.1. The number of hydrogen-bond acceptors (Lipinski definition) is 7. The molecule has 1 heterocycles. The number of thiocarbonyl (C=S) groups is 3. The fourth-order valence-electron chi connectivity index (χ4n) is 1.12. The molecule has 0 bridgehead atoms. The van der Waals surface area contributed by atoms with Crippen molar-refractivity contribution in [1.82, 2.24) is 10.2 Å². The first kappa shape index (κ1) is 32.6. The van der Waals surface area contributed by atoms with Gasteiger partial charge in [-0.05, 0) is 0 Å². The third-order valence-corrected chi connectivity index (χ3v) is 1.65. The third kappa shape index (κ3) is 53.9. The third-order valence-electron chi connectivity index (χ3n) is 1.65. The maximum absolute atomic E-state index is 7.13. The Bertz CT molecular complexity index is 241. The second kappa shape index (κ2) is 42.7. The molecule has 0 aliphatic carbocycles. The van der Waals surface area contributed by atoms with E-state index in [-0.39, 0.29) is 16.5 Å². The Morgan fingerprint density at radius 1 is 1.05 bits per heavy atom. The molecule has 11 heteroatoms. The summed E-state index contributed by atoms with van der Waals surface area (Å²) in [5.74, 6) is 0. The number of rotatable bonds is 2. The van der Waals surface area contributed by atoms with Crippen LogP contribution in [0.15, 0.2) is 0 Å². The van der Waals surface area contributed by atoms with Gasteiger partial charge in [-0.3, -0.25) is 4.90 Å². The van der Waals surface area contributed by atoms with Gasteiger partial charge in [-0.15, -0.1) is 0 Å². The quantitative estimate of drug-likeness (QED) is 0.352. The van der Waals surface area contributed by atoms with Gasteiger partial charge in [0, 0.05) is 46.4 Å². The fourth-order valence-corrected chi connectivity index (χ4v) is 1.12. The van der Waals surface area contributed by atoms with Crippen molar-refractivity contribution in [3.63, 3.8) is 0 Å². The van der Waals surface area contributed by atoms with Crippen molar-refractivity contribution >= 4 is 52.1 Å². The summed E-state index contributed by atoms with van der Waals surface area (Å²) < 4.78 is 0. The van der Waals surface area contributed by atoms with Gasteiger partial charge in [0.05, 0.1) is 0 Å². The van der Waals surface area contributed by atoms with Gasteiger partial charge < -0.3 is 32.4 Å². The molecular weight excluding hydrogens is 375 g/mol. The van der Waals surface area contributed by atoms with Crippen LogP contribution in [-0.4, -0.2) is 71.9 Å². The fraction of sp³-hybridized carbons (Fsp3) is 0.700. The second-order valence-electron chi connectivity index (χ2n) is 2.65. The topological polar surface area (TPSA) is 128 Å². The van der Waals surface area contributed by atoms with Gasteiger partial charge in [0.1, 0.15) is 0 Å². The van der Waals surface area contributed by atoms with E-state index in [0.29, 0.717) is 0 Å². The predicted molar refractivity (Wildman–Crippen MR) is 94.4 cm³/mol. The smallest absolute Gasteiger partial charge is 0.753 e. The van der Waals surface area contributed by atoms with E-state index in [2.05, 4.69) is 46.9 Å². The van der Waals surface area contributed by atoms with Crippen molar-refractivity contribution in [3.05, 3.63) is 16.2 Å². The monoisotopic (exact) mass is 393 g/mol. The molecule has 1 aliphatic heterocycles. The van der Waals surface area contributed by atoms with Crippen molar-refractivity contribution in [2.24, 2.45) is 5.73 Å². The number of hydrogen-bond donors (Lipinski definition) is 3. The van der Waals surface area contributed by atoms with Crippen molar-refractivity contribution in [1.29, 1.82) is 0 Å². The Labute approximate surface area is 152 Å². The molecule has 0 unspecified atom stereocenters. The summed E-state index contributed by atoms with van der Waals surface area (Å²) in [7, 11) is 1.00. The van der Waals surface area contributed by atoms with E-state index in [0.717, 1.165) is 46.4 Å². The molecular formula is C10H19N6NiOS3. The summed E-state index contributed by atoms with van der Waals surface area (Å²) in [6.45, 7) is 6.43. The molecule has 0 amide bonds. The van der Waals surface area contributed by atoms with E-state index in [4.69, 9.17) is 27.1 Å². The Hall–Kier alpha value is -0.266. The van der Waals surface area contributed by atoms with E-state index in [1.54, 1.807) is 0 Å². The Kier molecular flexibility index (Phi) is 66.3. The van der Waals surface area contributed by atoms with Crippen molar-refractivity contribution in [2.45, 2.75) is 0 Å². The standard InChI is InChI=1S/C6H15N3.3CNS.CH4O.Ni/c7-1-4-9-5-2-8-3-6-9;3*2-1-3;1-2;/h8H,1-7H2;;;;2H,1H3;/q;3*-1;;+3.